The zero-order chi connectivity index (χ0) is 22.0. The van der Waals surface area contributed by atoms with Crippen LogP contribution in [0.3, 0.4) is 0 Å². The fourth-order valence-corrected chi connectivity index (χ4v) is 5.02. The van der Waals surface area contributed by atoms with Crippen molar-refractivity contribution in [2.75, 3.05) is 12.3 Å². The summed E-state index contributed by atoms with van der Waals surface area (Å²) in [5.74, 6) is -0.441. The van der Waals surface area contributed by atoms with Crippen LogP contribution in [0.15, 0.2) is 96.6 Å². The van der Waals surface area contributed by atoms with Crippen LogP contribution in [-0.4, -0.2) is 29.4 Å². The van der Waals surface area contributed by atoms with Gasteiger partial charge >= 0.3 is 5.97 Å². The minimum absolute atomic E-state index is 0.404. The minimum atomic E-state index is -0.845. The van der Waals surface area contributed by atoms with Gasteiger partial charge < -0.3 is 5.11 Å². The van der Waals surface area contributed by atoms with Gasteiger partial charge in [0.15, 0.2) is 0 Å². The van der Waals surface area contributed by atoms with Crippen LogP contribution in [0, 0.1) is 0 Å². The molecule has 1 unspecified atom stereocenters. The summed E-state index contributed by atoms with van der Waals surface area (Å²) in [5.41, 5.74) is 4.36. The van der Waals surface area contributed by atoms with Crippen LogP contribution in [0.25, 0.3) is 0 Å². The number of rotatable bonds is 11. The molecule has 0 aliphatic rings. The van der Waals surface area contributed by atoms with Gasteiger partial charge in [0.1, 0.15) is 6.04 Å². The fraction of sp³-hybridized carbons (Fsp3) is 0.269. The highest BCUT2D eigenvalue weighted by molar-refractivity contribution is 8.00. The van der Waals surface area contributed by atoms with Crippen LogP contribution < -0.4 is 5.32 Å². The second-order valence-electron chi connectivity index (χ2n) is 7.08. The standard InChI is InChI=1S/C26H31NO2S/c1-5-20(4)18-27-24(25(28)29)19-30-26(21(6-2)7-3,22-14-10-8-11-15-22)23-16-12-9-13-17-23/h5-17,24,27H,2,18-19H2,1,3-4H3,(H,28,29). The molecule has 4 heteroatoms. The summed E-state index contributed by atoms with van der Waals surface area (Å²) in [6.07, 6.45) is 5.93. The highest BCUT2D eigenvalue weighted by Crippen LogP contribution is 2.49. The Hall–Kier alpha value is -2.56. The maximum Gasteiger partial charge on any atom is 0.321 e. The summed E-state index contributed by atoms with van der Waals surface area (Å²) >= 11 is 1.63. The lowest BCUT2D eigenvalue weighted by atomic mass is 9.83. The normalized spacial score (nSPS) is 13.7. The van der Waals surface area contributed by atoms with Crippen molar-refractivity contribution >= 4 is 17.7 Å². The molecule has 0 aliphatic carbocycles. The van der Waals surface area contributed by atoms with Gasteiger partial charge in [-0.2, -0.15) is 0 Å². The fourth-order valence-electron chi connectivity index (χ4n) is 3.37. The monoisotopic (exact) mass is 421 g/mol. The lowest BCUT2D eigenvalue weighted by Crippen LogP contribution is -2.41. The van der Waals surface area contributed by atoms with Crippen molar-refractivity contribution in [3.63, 3.8) is 0 Å². The molecule has 158 valence electrons. The van der Waals surface area contributed by atoms with Gasteiger partial charge in [-0.1, -0.05) is 91.0 Å². The van der Waals surface area contributed by atoms with E-state index >= 15 is 0 Å². The molecule has 2 aromatic carbocycles. The first-order valence-corrected chi connectivity index (χ1v) is 11.1. The SMILES string of the molecule is C=CC(=CC)C(SCC(NCC(C)=CC)C(=O)O)(c1ccccc1)c1ccccc1. The molecular weight excluding hydrogens is 390 g/mol. The molecule has 2 N–H and O–H groups in total. The lowest BCUT2D eigenvalue weighted by molar-refractivity contribution is -0.138. The highest BCUT2D eigenvalue weighted by Gasteiger charge is 2.38. The number of thioether (sulfide) groups is 1. The second-order valence-corrected chi connectivity index (χ2v) is 8.31. The van der Waals surface area contributed by atoms with E-state index < -0.39 is 16.8 Å². The third-order valence-electron chi connectivity index (χ3n) is 5.18. The van der Waals surface area contributed by atoms with E-state index in [0.29, 0.717) is 12.3 Å². The predicted octanol–water partition coefficient (Wildman–Crippen LogP) is 5.80. The Kier molecular flexibility index (Phi) is 9.15. The average Bonchev–Trinajstić information content (AvgIpc) is 2.79. The Labute approximate surface area is 184 Å². The molecule has 0 bridgehead atoms. The van der Waals surface area contributed by atoms with Crippen molar-refractivity contribution in [2.24, 2.45) is 0 Å². The molecule has 0 spiro atoms. The van der Waals surface area contributed by atoms with E-state index in [9.17, 15) is 9.90 Å². The third kappa shape index (κ3) is 5.53. The molecule has 0 aliphatic heterocycles. The van der Waals surface area contributed by atoms with Crippen LogP contribution >= 0.6 is 11.8 Å². The number of benzene rings is 2. The van der Waals surface area contributed by atoms with Crippen LogP contribution in [0.4, 0.5) is 0 Å². The predicted molar refractivity (Wildman–Crippen MR) is 129 cm³/mol. The summed E-state index contributed by atoms with van der Waals surface area (Å²) in [6.45, 7) is 10.6. The first kappa shape index (κ1) is 23.7. The van der Waals surface area contributed by atoms with Crippen molar-refractivity contribution < 1.29 is 9.90 Å². The van der Waals surface area contributed by atoms with Gasteiger partial charge in [0, 0.05) is 12.3 Å². The average molecular weight is 422 g/mol. The Morgan fingerprint density at radius 2 is 1.60 bits per heavy atom. The molecule has 0 radical (unpaired) electrons. The number of carboxylic acids is 1. The molecule has 0 heterocycles. The number of hydrogen-bond acceptors (Lipinski definition) is 3. The van der Waals surface area contributed by atoms with Gasteiger partial charge in [-0.25, -0.2) is 0 Å². The van der Waals surface area contributed by atoms with Crippen LogP contribution in [0.1, 0.15) is 31.9 Å². The number of nitrogens with one attached hydrogen (secondary N) is 1. The van der Waals surface area contributed by atoms with Gasteiger partial charge in [0.2, 0.25) is 0 Å². The van der Waals surface area contributed by atoms with Gasteiger partial charge in [-0.3, -0.25) is 10.1 Å². The molecule has 3 nitrogen and oxygen atoms in total. The maximum atomic E-state index is 12.0. The molecule has 0 aromatic heterocycles. The molecule has 2 rings (SSSR count). The largest absolute Gasteiger partial charge is 0.480 e. The van der Waals surface area contributed by atoms with E-state index in [1.807, 2.05) is 69.3 Å². The molecule has 30 heavy (non-hydrogen) atoms. The van der Waals surface area contributed by atoms with Gasteiger partial charge in [-0.15, -0.1) is 11.8 Å². The van der Waals surface area contributed by atoms with Crippen molar-refractivity contribution in [3.8, 4) is 0 Å². The summed E-state index contributed by atoms with van der Waals surface area (Å²) in [6, 6.07) is 19.8. The zero-order valence-electron chi connectivity index (χ0n) is 18.0. The Bertz CT molecular complexity index is 848. The zero-order valence-corrected chi connectivity index (χ0v) is 18.8. The number of aliphatic carboxylic acids is 1. The van der Waals surface area contributed by atoms with Crippen molar-refractivity contribution in [2.45, 2.75) is 31.6 Å². The Balaban J connectivity index is 2.52. The Morgan fingerprint density at radius 3 is 2.00 bits per heavy atom. The van der Waals surface area contributed by atoms with Crippen LogP contribution in [0.2, 0.25) is 0 Å². The maximum absolute atomic E-state index is 12.0. The second kappa shape index (κ2) is 11.6. The molecular formula is C26H31NO2S. The van der Waals surface area contributed by atoms with E-state index in [2.05, 4.69) is 42.2 Å². The first-order chi connectivity index (χ1) is 14.5. The number of allylic oxidation sites excluding steroid dienone is 3. The number of carboxylic acid groups (broad SMARTS) is 1. The van der Waals surface area contributed by atoms with E-state index in [0.717, 1.165) is 22.3 Å². The van der Waals surface area contributed by atoms with E-state index in [4.69, 9.17) is 0 Å². The van der Waals surface area contributed by atoms with Crippen molar-refractivity contribution in [3.05, 3.63) is 108 Å². The van der Waals surface area contributed by atoms with Crippen molar-refractivity contribution in [1.29, 1.82) is 0 Å². The molecule has 2 aromatic rings. The van der Waals surface area contributed by atoms with E-state index in [-0.39, 0.29) is 0 Å². The van der Waals surface area contributed by atoms with Gasteiger partial charge in [-0.05, 0) is 37.5 Å². The molecule has 0 amide bonds. The van der Waals surface area contributed by atoms with Crippen LogP contribution in [0.5, 0.6) is 0 Å². The quantitative estimate of drug-likeness (QED) is 0.355. The molecule has 1 atom stereocenters. The minimum Gasteiger partial charge on any atom is -0.480 e. The summed E-state index contributed by atoms with van der Waals surface area (Å²) < 4.78 is -0.552. The van der Waals surface area contributed by atoms with Crippen molar-refractivity contribution in [1.82, 2.24) is 5.32 Å². The molecule has 0 fully saturated rings. The van der Waals surface area contributed by atoms with E-state index in [1.54, 1.807) is 11.8 Å². The van der Waals surface area contributed by atoms with Gasteiger partial charge in [0.05, 0.1) is 4.75 Å². The molecule has 0 saturated heterocycles. The number of carbonyl (C=O) groups is 1. The molecule has 0 saturated carbocycles. The Morgan fingerprint density at radius 1 is 1.07 bits per heavy atom. The smallest absolute Gasteiger partial charge is 0.321 e. The lowest BCUT2D eigenvalue weighted by Gasteiger charge is -2.37. The van der Waals surface area contributed by atoms with Gasteiger partial charge in [0.25, 0.3) is 0 Å². The first-order valence-electron chi connectivity index (χ1n) is 10.1. The van der Waals surface area contributed by atoms with E-state index in [1.165, 1.54) is 0 Å². The summed E-state index contributed by atoms with van der Waals surface area (Å²) in [5, 5.41) is 13.0. The summed E-state index contributed by atoms with van der Waals surface area (Å²) in [7, 11) is 0. The number of hydrogen-bond donors (Lipinski definition) is 2. The summed E-state index contributed by atoms with van der Waals surface area (Å²) in [4.78, 5) is 12.0. The highest BCUT2D eigenvalue weighted by atomic mass is 32.2. The topological polar surface area (TPSA) is 49.3 Å². The third-order valence-corrected chi connectivity index (χ3v) is 6.82. The van der Waals surface area contributed by atoms with Crippen LogP contribution in [-0.2, 0) is 9.54 Å².